The Labute approximate surface area is 146 Å². The molecule has 2 aliphatic rings. The van der Waals surface area contributed by atoms with E-state index in [1.807, 2.05) is 24.3 Å². The van der Waals surface area contributed by atoms with Gasteiger partial charge in [-0.2, -0.15) is 0 Å². The number of hydrogen-bond donors (Lipinski definition) is 3. The SMILES string of the molecule is O=C(NCC[NH+]1CCOCC1)C(=O)NC[C@@H]1COc2ccccc2O1. The van der Waals surface area contributed by atoms with Crippen LogP contribution in [0.3, 0.4) is 0 Å². The fraction of sp³-hybridized carbons (Fsp3) is 0.529. The molecule has 2 heterocycles. The monoisotopic (exact) mass is 350 g/mol. The minimum absolute atomic E-state index is 0.218. The topological polar surface area (TPSA) is 90.3 Å². The Morgan fingerprint density at radius 2 is 1.80 bits per heavy atom. The van der Waals surface area contributed by atoms with Crippen molar-refractivity contribution in [3.05, 3.63) is 24.3 Å². The van der Waals surface area contributed by atoms with Gasteiger partial charge in [-0.3, -0.25) is 9.59 Å². The molecule has 0 radical (unpaired) electrons. The van der Waals surface area contributed by atoms with Gasteiger partial charge in [-0.05, 0) is 12.1 Å². The molecule has 0 saturated carbocycles. The van der Waals surface area contributed by atoms with Crippen molar-refractivity contribution in [1.29, 1.82) is 0 Å². The van der Waals surface area contributed by atoms with Gasteiger partial charge >= 0.3 is 11.8 Å². The fourth-order valence-electron chi connectivity index (χ4n) is 2.79. The van der Waals surface area contributed by atoms with E-state index in [1.165, 1.54) is 4.90 Å². The second-order valence-corrected chi connectivity index (χ2v) is 6.08. The van der Waals surface area contributed by atoms with Gasteiger partial charge in [-0.25, -0.2) is 0 Å². The predicted octanol–water partition coefficient (Wildman–Crippen LogP) is -2.03. The summed E-state index contributed by atoms with van der Waals surface area (Å²) in [5.41, 5.74) is 0. The summed E-state index contributed by atoms with van der Waals surface area (Å²) >= 11 is 0. The minimum atomic E-state index is -0.653. The van der Waals surface area contributed by atoms with Gasteiger partial charge in [0.05, 0.1) is 32.8 Å². The Hall–Kier alpha value is -2.32. The lowest BCUT2D eigenvalue weighted by Crippen LogP contribution is -3.14. The molecule has 2 aliphatic heterocycles. The number of amides is 2. The molecule has 25 heavy (non-hydrogen) atoms. The quantitative estimate of drug-likeness (QED) is 0.533. The Kier molecular flexibility index (Phi) is 6.08. The van der Waals surface area contributed by atoms with Crippen molar-refractivity contribution in [2.45, 2.75) is 6.10 Å². The third-order valence-electron chi connectivity index (χ3n) is 4.23. The van der Waals surface area contributed by atoms with Gasteiger partial charge in [0.1, 0.15) is 25.8 Å². The second-order valence-electron chi connectivity index (χ2n) is 6.08. The molecule has 136 valence electrons. The van der Waals surface area contributed by atoms with E-state index in [0.717, 1.165) is 32.8 Å². The van der Waals surface area contributed by atoms with Crippen LogP contribution in [0.15, 0.2) is 24.3 Å². The summed E-state index contributed by atoms with van der Waals surface area (Å²) in [5, 5.41) is 5.24. The zero-order chi connectivity index (χ0) is 17.5. The molecular weight excluding hydrogens is 326 g/mol. The van der Waals surface area contributed by atoms with E-state index in [2.05, 4.69) is 10.6 Å². The van der Waals surface area contributed by atoms with Crippen LogP contribution in [0.5, 0.6) is 11.5 Å². The highest BCUT2D eigenvalue weighted by atomic mass is 16.6. The Balaban J connectivity index is 1.34. The van der Waals surface area contributed by atoms with Crippen LogP contribution in [0.25, 0.3) is 0 Å². The number of ether oxygens (including phenoxy) is 3. The first-order valence-corrected chi connectivity index (χ1v) is 8.58. The summed E-state index contributed by atoms with van der Waals surface area (Å²) in [6, 6.07) is 7.36. The number of benzene rings is 1. The van der Waals surface area contributed by atoms with Crippen LogP contribution in [-0.4, -0.2) is 70.5 Å². The number of para-hydroxylation sites is 2. The Morgan fingerprint density at radius 3 is 2.60 bits per heavy atom. The largest absolute Gasteiger partial charge is 0.486 e. The summed E-state index contributed by atoms with van der Waals surface area (Å²) in [6.45, 7) is 5.17. The highest BCUT2D eigenvalue weighted by Gasteiger charge is 2.23. The molecule has 0 aliphatic carbocycles. The third kappa shape index (κ3) is 5.07. The van der Waals surface area contributed by atoms with E-state index in [-0.39, 0.29) is 12.6 Å². The number of fused-ring (bicyclic) bond motifs is 1. The van der Waals surface area contributed by atoms with Crippen molar-refractivity contribution in [3.8, 4) is 11.5 Å². The van der Waals surface area contributed by atoms with Crippen molar-refractivity contribution in [3.63, 3.8) is 0 Å². The standard InChI is InChI=1S/C17H23N3O5/c21-16(18-5-6-20-7-9-23-10-8-20)17(22)19-11-13-12-24-14-3-1-2-4-15(14)25-13/h1-4,13H,5-12H2,(H,18,21)(H,19,22)/p+1/t13-/m1/s1. The van der Waals surface area contributed by atoms with Gasteiger partial charge in [-0.15, -0.1) is 0 Å². The van der Waals surface area contributed by atoms with Crippen LogP contribution in [-0.2, 0) is 14.3 Å². The van der Waals surface area contributed by atoms with E-state index in [4.69, 9.17) is 14.2 Å². The number of morpholine rings is 1. The van der Waals surface area contributed by atoms with E-state index in [1.54, 1.807) is 0 Å². The molecule has 3 rings (SSSR count). The van der Waals surface area contributed by atoms with E-state index >= 15 is 0 Å². The van der Waals surface area contributed by atoms with Crippen LogP contribution in [0, 0.1) is 0 Å². The maximum absolute atomic E-state index is 11.9. The predicted molar refractivity (Wildman–Crippen MR) is 88.8 cm³/mol. The molecular formula is C17H24N3O5+. The van der Waals surface area contributed by atoms with Gasteiger partial charge < -0.3 is 29.7 Å². The summed E-state index contributed by atoms with van der Waals surface area (Å²) in [7, 11) is 0. The summed E-state index contributed by atoms with van der Waals surface area (Å²) < 4.78 is 16.6. The highest BCUT2D eigenvalue weighted by Crippen LogP contribution is 2.30. The van der Waals surface area contributed by atoms with Gasteiger partial charge in [0.15, 0.2) is 11.5 Å². The fourth-order valence-corrected chi connectivity index (χ4v) is 2.79. The lowest BCUT2D eigenvalue weighted by Gasteiger charge is -2.26. The number of rotatable bonds is 5. The summed E-state index contributed by atoms with van der Waals surface area (Å²) in [5.74, 6) is 0.0589. The van der Waals surface area contributed by atoms with Crippen molar-refractivity contribution >= 4 is 11.8 Å². The van der Waals surface area contributed by atoms with E-state index in [9.17, 15) is 9.59 Å². The molecule has 1 saturated heterocycles. The lowest BCUT2D eigenvalue weighted by atomic mass is 10.2. The summed E-state index contributed by atoms with van der Waals surface area (Å²) in [6.07, 6.45) is -0.315. The number of quaternary nitrogens is 1. The first kappa shape index (κ1) is 17.5. The molecule has 1 atom stereocenters. The lowest BCUT2D eigenvalue weighted by molar-refractivity contribution is -0.906. The number of nitrogens with one attached hydrogen (secondary N) is 3. The zero-order valence-corrected chi connectivity index (χ0v) is 14.1. The molecule has 0 unspecified atom stereocenters. The van der Waals surface area contributed by atoms with Crippen molar-refractivity contribution in [2.75, 3.05) is 52.5 Å². The average molecular weight is 350 g/mol. The number of carbonyl (C=O) groups excluding carboxylic acids is 2. The molecule has 1 aromatic rings. The van der Waals surface area contributed by atoms with Crippen LogP contribution >= 0.6 is 0 Å². The van der Waals surface area contributed by atoms with Crippen LogP contribution in [0.4, 0.5) is 0 Å². The Bertz CT molecular complexity index is 604. The molecule has 0 spiro atoms. The average Bonchev–Trinajstić information content (AvgIpc) is 2.66. The molecule has 0 aromatic heterocycles. The smallest absolute Gasteiger partial charge is 0.309 e. The molecule has 0 bridgehead atoms. The van der Waals surface area contributed by atoms with Crippen LogP contribution in [0.1, 0.15) is 0 Å². The molecule has 3 N–H and O–H groups in total. The number of hydrogen-bond acceptors (Lipinski definition) is 5. The first-order chi connectivity index (χ1) is 12.2. The Morgan fingerprint density at radius 1 is 1.08 bits per heavy atom. The van der Waals surface area contributed by atoms with Crippen molar-refractivity contribution < 1.29 is 28.7 Å². The van der Waals surface area contributed by atoms with Crippen molar-refractivity contribution in [2.24, 2.45) is 0 Å². The third-order valence-corrected chi connectivity index (χ3v) is 4.23. The van der Waals surface area contributed by atoms with Crippen LogP contribution < -0.4 is 25.0 Å². The van der Waals surface area contributed by atoms with E-state index in [0.29, 0.717) is 24.7 Å². The zero-order valence-electron chi connectivity index (χ0n) is 14.1. The summed E-state index contributed by atoms with van der Waals surface area (Å²) in [4.78, 5) is 25.1. The normalized spacial score (nSPS) is 19.9. The minimum Gasteiger partial charge on any atom is -0.486 e. The molecule has 8 heteroatoms. The maximum atomic E-state index is 11.9. The highest BCUT2D eigenvalue weighted by molar-refractivity contribution is 6.35. The maximum Gasteiger partial charge on any atom is 0.309 e. The van der Waals surface area contributed by atoms with Gasteiger partial charge in [0.2, 0.25) is 0 Å². The molecule has 8 nitrogen and oxygen atoms in total. The second kappa shape index (κ2) is 8.68. The first-order valence-electron chi connectivity index (χ1n) is 8.58. The van der Waals surface area contributed by atoms with E-state index < -0.39 is 11.8 Å². The molecule has 1 fully saturated rings. The van der Waals surface area contributed by atoms with Gasteiger partial charge in [0, 0.05) is 0 Å². The van der Waals surface area contributed by atoms with Gasteiger partial charge in [-0.1, -0.05) is 12.1 Å². The van der Waals surface area contributed by atoms with Crippen molar-refractivity contribution in [1.82, 2.24) is 10.6 Å². The molecule has 1 aromatic carbocycles. The molecule has 2 amide bonds. The van der Waals surface area contributed by atoms with Crippen LogP contribution in [0.2, 0.25) is 0 Å². The van der Waals surface area contributed by atoms with Gasteiger partial charge in [0.25, 0.3) is 0 Å². The number of carbonyl (C=O) groups is 2.